The van der Waals surface area contributed by atoms with Crippen molar-refractivity contribution in [3.8, 4) is 22.9 Å². The lowest BCUT2D eigenvalue weighted by Crippen LogP contribution is -2.48. The molecule has 1 aliphatic rings. The van der Waals surface area contributed by atoms with Gasteiger partial charge >= 0.3 is 6.09 Å². The summed E-state index contributed by atoms with van der Waals surface area (Å²) in [6, 6.07) is 24.3. The van der Waals surface area contributed by atoms with Gasteiger partial charge in [-0.15, -0.1) is 0 Å². The predicted molar refractivity (Wildman–Crippen MR) is 191 cm³/mol. The molecule has 254 valence electrons. The largest absolute Gasteiger partial charge is 0.445 e. The van der Waals surface area contributed by atoms with Crippen LogP contribution < -0.4 is 14.8 Å². The molecule has 0 aliphatic carbocycles. The third-order valence-corrected chi connectivity index (χ3v) is 9.78. The van der Waals surface area contributed by atoms with Gasteiger partial charge in [0.15, 0.2) is 0 Å². The number of pyridine rings is 1. The number of nitrogens with one attached hydrogen (secondary N) is 2. The maximum Gasteiger partial charge on any atom is 0.410 e. The SMILES string of the molecule is CCCS(=O)(=O)Nc1cccc2c(Oc3ncccc3-c3ccnc(N[C@H]4C[C@@H](C)CN(C(=O)OCc5ccccc5)C4)n3)c(C)ccc12. The fourth-order valence-corrected chi connectivity index (χ4v) is 7.24. The van der Waals surface area contributed by atoms with Gasteiger partial charge in [0.1, 0.15) is 12.4 Å². The number of sulfonamides is 1. The summed E-state index contributed by atoms with van der Waals surface area (Å²) in [5.74, 6) is 1.62. The van der Waals surface area contributed by atoms with Crippen LogP contribution in [0.4, 0.5) is 16.4 Å². The standard InChI is InChI=1S/C37H40N6O5S/c1-4-20-49(45,46)42-33-14-8-12-30-29(33)16-15-26(3)34(30)48-35-31(13-9-18-38-35)32-17-19-39-36(41-32)40-28-21-25(2)22-43(23-28)37(44)47-24-27-10-6-5-7-11-27/h5-19,25,28,42H,4,20-24H2,1-3H3,(H,39,40,41)/t25-,28+/m1/s1. The van der Waals surface area contributed by atoms with Crippen LogP contribution in [-0.4, -0.2) is 59.2 Å². The Bertz CT molecular complexity index is 2040. The molecule has 12 heteroatoms. The Balaban J connectivity index is 1.21. The number of rotatable bonds is 11. The summed E-state index contributed by atoms with van der Waals surface area (Å²) in [5, 5.41) is 4.89. The maximum absolute atomic E-state index is 12.9. The summed E-state index contributed by atoms with van der Waals surface area (Å²) in [7, 11) is -3.49. The fourth-order valence-electron chi connectivity index (χ4n) is 6.09. The van der Waals surface area contributed by atoms with E-state index in [1.807, 2.05) is 74.5 Å². The highest BCUT2D eigenvalue weighted by molar-refractivity contribution is 7.92. The number of aromatic nitrogens is 3. The Morgan fingerprint density at radius 1 is 0.939 bits per heavy atom. The van der Waals surface area contributed by atoms with E-state index in [2.05, 4.69) is 26.9 Å². The second-order valence-corrected chi connectivity index (χ2v) is 14.2. The van der Waals surface area contributed by atoms with Crippen molar-refractivity contribution < 1.29 is 22.7 Å². The van der Waals surface area contributed by atoms with Crippen LogP contribution in [0.3, 0.4) is 0 Å². The van der Waals surface area contributed by atoms with E-state index in [9.17, 15) is 13.2 Å². The van der Waals surface area contributed by atoms with E-state index in [1.54, 1.807) is 35.5 Å². The number of fused-ring (bicyclic) bond motifs is 1. The third kappa shape index (κ3) is 8.26. The number of hydrogen-bond acceptors (Lipinski definition) is 9. The Labute approximate surface area is 286 Å². The number of piperidine rings is 1. The van der Waals surface area contributed by atoms with Crippen LogP contribution in [-0.2, 0) is 21.4 Å². The molecule has 5 aromatic rings. The number of carbonyl (C=O) groups excluding carboxylic acids is 1. The zero-order valence-corrected chi connectivity index (χ0v) is 28.6. The van der Waals surface area contributed by atoms with Gasteiger partial charge in [0.25, 0.3) is 0 Å². The van der Waals surface area contributed by atoms with Crippen molar-refractivity contribution in [1.29, 1.82) is 0 Å². The second-order valence-electron chi connectivity index (χ2n) is 12.4. The molecule has 2 aromatic heterocycles. The molecule has 3 heterocycles. The van der Waals surface area contributed by atoms with Crippen LogP contribution in [0.1, 0.15) is 37.8 Å². The van der Waals surface area contributed by atoms with Crippen LogP contribution in [0.2, 0.25) is 0 Å². The zero-order chi connectivity index (χ0) is 34.4. The van der Waals surface area contributed by atoms with E-state index in [1.165, 1.54) is 0 Å². The monoisotopic (exact) mass is 680 g/mol. The Kier molecular flexibility index (Phi) is 10.2. The van der Waals surface area contributed by atoms with E-state index in [-0.39, 0.29) is 30.4 Å². The van der Waals surface area contributed by atoms with Crippen molar-refractivity contribution in [2.75, 3.05) is 28.9 Å². The first-order chi connectivity index (χ1) is 23.7. The lowest BCUT2D eigenvalue weighted by Gasteiger charge is -2.36. The first-order valence-corrected chi connectivity index (χ1v) is 18.1. The smallest absolute Gasteiger partial charge is 0.410 e. The summed E-state index contributed by atoms with van der Waals surface area (Å²) in [5.41, 5.74) is 3.56. The van der Waals surface area contributed by atoms with Crippen molar-refractivity contribution >= 4 is 38.5 Å². The van der Waals surface area contributed by atoms with E-state index >= 15 is 0 Å². The minimum absolute atomic E-state index is 0.0327. The Morgan fingerprint density at radius 2 is 1.78 bits per heavy atom. The Hall–Kier alpha value is -5.23. The molecule has 2 atom stereocenters. The van der Waals surface area contributed by atoms with Gasteiger partial charge in [-0.05, 0) is 61.1 Å². The topological polar surface area (TPSA) is 136 Å². The highest BCUT2D eigenvalue weighted by Crippen LogP contribution is 2.39. The highest BCUT2D eigenvalue weighted by Gasteiger charge is 2.29. The molecule has 0 saturated carbocycles. The molecule has 1 saturated heterocycles. The molecule has 1 amide bonds. The van der Waals surface area contributed by atoms with Crippen molar-refractivity contribution in [2.24, 2.45) is 5.92 Å². The molecule has 0 spiro atoms. The van der Waals surface area contributed by atoms with Crippen LogP contribution in [0.5, 0.6) is 11.6 Å². The average molecular weight is 681 g/mol. The van der Waals surface area contributed by atoms with Gasteiger partial charge in [-0.2, -0.15) is 0 Å². The van der Waals surface area contributed by atoms with Crippen LogP contribution in [0.25, 0.3) is 22.0 Å². The molecule has 0 bridgehead atoms. The number of nitrogens with zero attached hydrogens (tertiary/aromatic N) is 4. The fraction of sp³-hybridized carbons (Fsp3) is 0.297. The van der Waals surface area contributed by atoms with E-state index in [0.29, 0.717) is 59.4 Å². The molecule has 49 heavy (non-hydrogen) atoms. The van der Waals surface area contributed by atoms with Gasteiger partial charge in [-0.25, -0.2) is 28.2 Å². The molecule has 2 N–H and O–H groups in total. The van der Waals surface area contributed by atoms with Gasteiger partial charge in [0.2, 0.25) is 21.9 Å². The number of hydrogen-bond donors (Lipinski definition) is 2. The van der Waals surface area contributed by atoms with Crippen molar-refractivity contribution in [3.05, 3.63) is 102 Å². The summed E-state index contributed by atoms with van der Waals surface area (Å²) in [4.78, 5) is 28.5. The first kappa shape index (κ1) is 33.7. The number of carbonyl (C=O) groups is 1. The van der Waals surface area contributed by atoms with Gasteiger partial charge in [-0.3, -0.25) is 4.72 Å². The first-order valence-electron chi connectivity index (χ1n) is 16.4. The average Bonchev–Trinajstić information content (AvgIpc) is 3.09. The normalized spacial score (nSPS) is 16.3. The molecule has 6 rings (SSSR count). The molecule has 11 nitrogen and oxygen atoms in total. The predicted octanol–water partition coefficient (Wildman–Crippen LogP) is 7.40. The molecule has 3 aromatic carbocycles. The number of amides is 1. The number of likely N-dealkylation sites (tertiary alicyclic amines) is 1. The summed E-state index contributed by atoms with van der Waals surface area (Å²) in [6.45, 7) is 7.17. The number of aryl methyl sites for hydroxylation is 1. The lowest BCUT2D eigenvalue weighted by atomic mass is 9.96. The highest BCUT2D eigenvalue weighted by atomic mass is 32.2. The Morgan fingerprint density at radius 3 is 2.59 bits per heavy atom. The molecule has 0 unspecified atom stereocenters. The van der Waals surface area contributed by atoms with Gasteiger partial charge in [0.05, 0.1) is 22.7 Å². The maximum atomic E-state index is 12.9. The summed E-state index contributed by atoms with van der Waals surface area (Å²) < 4.78 is 40.0. The van der Waals surface area contributed by atoms with E-state index in [4.69, 9.17) is 14.5 Å². The van der Waals surface area contributed by atoms with Crippen molar-refractivity contribution in [2.45, 2.75) is 46.3 Å². The van der Waals surface area contributed by atoms with Crippen LogP contribution in [0.15, 0.2) is 91.3 Å². The second kappa shape index (κ2) is 14.9. The molecule has 1 fully saturated rings. The van der Waals surface area contributed by atoms with E-state index < -0.39 is 10.0 Å². The summed E-state index contributed by atoms with van der Waals surface area (Å²) in [6.07, 6.45) is 4.34. The van der Waals surface area contributed by atoms with Crippen LogP contribution in [0, 0.1) is 12.8 Å². The number of benzene rings is 3. The minimum atomic E-state index is -3.49. The number of ether oxygens (including phenoxy) is 2. The molecular formula is C37H40N6O5S. The zero-order valence-electron chi connectivity index (χ0n) is 27.8. The van der Waals surface area contributed by atoms with Gasteiger partial charge in [0, 0.05) is 42.3 Å². The quantitative estimate of drug-likeness (QED) is 0.146. The third-order valence-electron chi connectivity index (χ3n) is 8.30. The summed E-state index contributed by atoms with van der Waals surface area (Å²) >= 11 is 0. The number of anilines is 2. The molecule has 1 aliphatic heterocycles. The minimum Gasteiger partial charge on any atom is -0.445 e. The molecular weight excluding hydrogens is 641 g/mol. The van der Waals surface area contributed by atoms with Gasteiger partial charge < -0.3 is 19.7 Å². The van der Waals surface area contributed by atoms with Gasteiger partial charge in [-0.1, -0.05) is 68.4 Å². The van der Waals surface area contributed by atoms with Crippen molar-refractivity contribution in [1.82, 2.24) is 19.9 Å². The van der Waals surface area contributed by atoms with E-state index in [0.717, 1.165) is 22.9 Å². The van der Waals surface area contributed by atoms with Crippen molar-refractivity contribution in [3.63, 3.8) is 0 Å². The molecule has 0 radical (unpaired) electrons. The lowest BCUT2D eigenvalue weighted by molar-refractivity contribution is 0.0783. The van der Waals surface area contributed by atoms with Crippen LogP contribution >= 0.6 is 0 Å².